The SMILES string of the molecule is COc1c(CN2O[C@@H](CO)[C@@H]([C@H](C)O)[C@H]2C(=O)N[C@H]2C[C@H]3C[C@H]([C@@H]2C)C3(C)C)cccc1-c1cc(C(=O)N[C@H](CN(C)C)[C@H](O)c2ccccc2)cc(N(C)C)c1. The highest BCUT2D eigenvalue weighted by molar-refractivity contribution is 5.97. The molecular formula is C45H63N5O7. The molecule has 5 N–H and O–H groups in total. The van der Waals surface area contributed by atoms with Crippen LogP contribution in [-0.2, 0) is 16.2 Å². The third-order valence-corrected chi connectivity index (χ3v) is 13.1. The van der Waals surface area contributed by atoms with Gasteiger partial charge in [0.25, 0.3) is 5.91 Å². The third kappa shape index (κ3) is 8.72. The van der Waals surface area contributed by atoms with Crippen molar-refractivity contribution in [2.45, 2.75) is 83.5 Å². The number of aliphatic hydroxyl groups excluding tert-OH is 3. The number of aliphatic hydroxyl groups is 3. The molecule has 310 valence electrons. The molecule has 0 spiro atoms. The van der Waals surface area contributed by atoms with Crippen LogP contribution in [0.1, 0.15) is 68.1 Å². The Balaban J connectivity index is 1.29. The maximum absolute atomic E-state index is 14.3. The van der Waals surface area contributed by atoms with Gasteiger partial charge in [0.1, 0.15) is 24.0 Å². The Kier molecular flexibility index (Phi) is 13.0. The van der Waals surface area contributed by atoms with Crippen LogP contribution in [0, 0.1) is 29.1 Å². The highest BCUT2D eigenvalue weighted by Crippen LogP contribution is 2.61. The first-order valence-corrected chi connectivity index (χ1v) is 20.3. The van der Waals surface area contributed by atoms with E-state index in [4.69, 9.17) is 9.57 Å². The molecule has 7 rings (SSSR count). The molecule has 3 saturated carbocycles. The van der Waals surface area contributed by atoms with Crippen molar-refractivity contribution in [3.63, 3.8) is 0 Å². The molecule has 2 amide bonds. The minimum Gasteiger partial charge on any atom is -0.496 e. The van der Waals surface area contributed by atoms with E-state index in [0.717, 1.165) is 28.8 Å². The van der Waals surface area contributed by atoms with Crippen LogP contribution in [0.25, 0.3) is 11.1 Å². The van der Waals surface area contributed by atoms with E-state index in [2.05, 4.69) is 31.4 Å². The van der Waals surface area contributed by atoms with E-state index in [1.165, 1.54) is 6.42 Å². The van der Waals surface area contributed by atoms with Crippen molar-refractivity contribution in [1.82, 2.24) is 20.6 Å². The van der Waals surface area contributed by atoms with E-state index >= 15 is 0 Å². The van der Waals surface area contributed by atoms with Crippen molar-refractivity contribution in [3.8, 4) is 16.9 Å². The Morgan fingerprint density at radius 1 is 1.02 bits per heavy atom. The monoisotopic (exact) mass is 785 g/mol. The summed E-state index contributed by atoms with van der Waals surface area (Å²) in [6, 6.07) is 19.2. The average Bonchev–Trinajstić information content (AvgIpc) is 3.56. The largest absolute Gasteiger partial charge is 0.496 e. The standard InChI is InChI=1S/C45H63N5O7/c1-26-35-21-32(45(35,3)4)22-36(26)46-44(55)40-39(27(2)52)38(25-51)57-50(40)23-29-16-13-17-34(42(29)56-9)30-18-31(20-33(19-30)49(7)8)43(54)47-37(24-48(5)6)41(53)28-14-11-10-12-15-28/h10-20,26-27,32,35-41,51-53H,21-25H2,1-9H3,(H,46,55)(H,47,54)/t26-,27-,32+,35+,36-,37+,38-,39+,40-,41+/m0/s1. The van der Waals surface area contributed by atoms with Crippen LogP contribution in [-0.4, -0.2) is 116 Å². The maximum atomic E-state index is 14.3. The van der Waals surface area contributed by atoms with Crippen LogP contribution in [0.4, 0.5) is 5.69 Å². The van der Waals surface area contributed by atoms with Crippen molar-refractivity contribution >= 4 is 17.5 Å². The van der Waals surface area contributed by atoms with Crippen molar-refractivity contribution in [3.05, 3.63) is 83.4 Å². The van der Waals surface area contributed by atoms with E-state index in [0.29, 0.717) is 41.2 Å². The minimum absolute atomic E-state index is 0.0203. The zero-order valence-corrected chi connectivity index (χ0v) is 35.0. The number of hydrogen-bond acceptors (Lipinski definition) is 10. The molecule has 0 aromatic heterocycles. The number of carbonyl (C=O) groups is 2. The molecular weight excluding hydrogens is 723 g/mol. The number of likely N-dealkylation sites (N-methyl/N-ethyl adjacent to an activating group) is 1. The van der Waals surface area contributed by atoms with Gasteiger partial charge in [0.15, 0.2) is 0 Å². The number of amides is 2. The molecule has 4 aliphatic rings. The summed E-state index contributed by atoms with van der Waals surface area (Å²) in [6.45, 7) is 8.72. The third-order valence-electron chi connectivity index (χ3n) is 13.1. The average molecular weight is 786 g/mol. The van der Waals surface area contributed by atoms with Crippen LogP contribution < -0.4 is 20.3 Å². The first-order valence-electron chi connectivity index (χ1n) is 20.3. The molecule has 4 fully saturated rings. The molecule has 57 heavy (non-hydrogen) atoms. The number of ether oxygens (including phenoxy) is 1. The topological polar surface area (TPSA) is 147 Å². The van der Waals surface area contributed by atoms with E-state index in [9.17, 15) is 24.9 Å². The second-order valence-corrected chi connectivity index (χ2v) is 17.6. The molecule has 3 aromatic carbocycles. The van der Waals surface area contributed by atoms with Gasteiger partial charge in [0, 0.05) is 55.0 Å². The summed E-state index contributed by atoms with van der Waals surface area (Å²) >= 11 is 0. The Hall–Kier alpha value is -4.04. The zero-order chi connectivity index (χ0) is 41.3. The number of fused-ring (bicyclic) bond motifs is 2. The minimum atomic E-state index is -0.924. The molecule has 1 saturated heterocycles. The number of methoxy groups -OCH3 is 1. The second-order valence-electron chi connectivity index (χ2n) is 17.6. The molecule has 2 bridgehead atoms. The maximum Gasteiger partial charge on any atom is 0.251 e. The first-order chi connectivity index (χ1) is 27.0. The number of nitrogens with zero attached hydrogens (tertiary/aromatic N) is 3. The van der Waals surface area contributed by atoms with Gasteiger partial charge in [0.2, 0.25) is 5.91 Å². The number of carbonyl (C=O) groups excluding carboxylic acids is 2. The van der Waals surface area contributed by atoms with Crippen LogP contribution >= 0.6 is 0 Å². The molecule has 3 aromatic rings. The van der Waals surface area contributed by atoms with Crippen molar-refractivity contribution in [1.29, 1.82) is 0 Å². The molecule has 1 aliphatic heterocycles. The fraction of sp³-hybridized carbons (Fsp3) is 0.556. The fourth-order valence-electron chi connectivity index (χ4n) is 9.74. The summed E-state index contributed by atoms with van der Waals surface area (Å²) in [7, 11) is 9.21. The lowest BCUT2D eigenvalue weighted by molar-refractivity contribution is -0.183. The summed E-state index contributed by atoms with van der Waals surface area (Å²) in [5.41, 5.74) is 4.37. The summed E-state index contributed by atoms with van der Waals surface area (Å²) in [6.07, 6.45) is -0.515. The van der Waals surface area contributed by atoms with Crippen LogP contribution in [0.15, 0.2) is 66.7 Å². The van der Waals surface area contributed by atoms with E-state index in [1.54, 1.807) is 19.1 Å². The molecule has 0 unspecified atom stereocenters. The van der Waals surface area contributed by atoms with Crippen molar-refractivity contribution in [2.24, 2.45) is 29.1 Å². The number of hydrogen-bond donors (Lipinski definition) is 5. The smallest absolute Gasteiger partial charge is 0.251 e. The fourth-order valence-corrected chi connectivity index (χ4v) is 9.74. The second kappa shape index (κ2) is 17.4. The summed E-state index contributed by atoms with van der Waals surface area (Å²) < 4.78 is 6.09. The predicted molar refractivity (Wildman–Crippen MR) is 222 cm³/mol. The Morgan fingerprint density at radius 3 is 2.33 bits per heavy atom. The van der Waals surface area contributed by atoms with Gasteiger partial charge in [-0.15, -0.1) is 0 Å². The van der Waals surface area contributed by atoms with Gasteiger partial charge in [-0.3, -0.25) is 14.4 Å². The van der Waals surface area contributed by atoms with Gasteiger partial charge in [-0.2, -0.15) is 5.06 Å². The zero-order valence-electron chi connectivity index (χ0n) is 35.0. The number of para-hydroxylation sites is 1. The molecule has 12 nitrogen and oxygen atoms in total. The summed E-state index contributed by atoms with van der Waals surface area (Å²) in [5.74, 6) is 0.742. The van der Waals surface area contributed by atoms with Crippen LogP contribution in [0.3, 0.4) is 0 Å². The Labute approximate surface area is 338 Å². The van der Waals surface area contributed by atoms with Gasteiger partial charge in [-0.1, -0.05) is 69.3 Å². The lowest BCUT2D eigenvalue weighted by Crippen LogP contribution is -2.62. The Morgan fingerprint density at radius 2 is 1.74 bits per heavy atom. The number of benzene rings is 3. The normalized spacial score (nSPS) is 26.9. The summed E-state index contributed by atoms with van der Waals surface area (Å²) in [5, 5.41) is 40.7. The van der Waals surface area contributed by atoms with Crippen molar-refractivity contribution in [2.75, 3.05) is 53.4 Å². The molecule has 12 heteroatoms. The van der Waals surface area contributed by atoms with E-state index in [1.807, 2.05) is 105 Å². The van der Waals surface area contributed by atoms with Gasteiger partial charge >= 0.3 is 0 Å². The van der Waals surface area contributed by atoms with E-state index < -0.39 is 36.3 Å². The number of rotatable bonds is 15. The highest BCUT2D eigenvalue weighted by Gasteiger charge is 2.57. The highest BCUT2D eigenvalue weighted by atomic mass is 16.7. The van der Waals surface area contributed by atoms with Crippen LogP contribution in [0.5, 0.6) is 5.75 Å². The van der Waals surface area contributed by atoms with E-state index in [-0.39, 0.29) is 36.4 Å². The number of hydroxylamine groups is 2. The van der Waals surface area contributed by atoms with Gasteiger partial charge < -0.3 is 40.5 Å². The molecule has 3 aliphatic carbocycles. The number of anilines is 1. The Bertz CT molecular complexity index is 1870. The molecule has 0 radical (unpaired) electrons. The van der Waals surface area contributed by atoms with Gasteiger partial charge in [-0.05, 0) is 86.4 Å². The molecule has 10 atom stereocenters. The van der Waals surface area contributed by atoms with Crippen LogP contribution in [0.2, 0.25) is 0 Å². The molecule has 1 heterocycles. The van der Waals surface area contributed by atoms with Gasteiger partial charge in [0.05, 0.1) is 32.4 Å². The van der Waals surface area contributed by atoms with Crippen molar-refractivity contribution < 1.29 is 34.5 Å². The number of nitrogens with one attached hydrogen (secondary N) is 2. The van der Waals surface area contributed by atoms with Gasteiger partial charge in [-0.25, -0.2) is 0 Å². The quantitative estimate of drug-likeness (QED) is 0.150. The first kappa shape index (κ1) is 42.6. The summed E-state index contributed by atoms with van der Waals surface area (Å²) in [4.78, 5) is 38.5. The predicted octanol–water partition coefficient (Wildman–Crippen LogP) is 4.48. The lowest BCUT2D eigenvalue weighted by atomic mass is 9.45. The lowest BCUT2D eigenvalue weighted by Gasteiger charge is -2.62.